The SMILES string of the molecule is Cc1ccccc1C(N)CN1C(C)CCCC1C. The van der Waals surface area contributed by atoms with Crippen molar-refractivity contribution in [1.29, 1.82) is 0 Å². The molecule has 0 radical (unpaired) electrons. The van der Waals surface area contributed by atoms with Crippen LogP contribution in [0.25, 0.3) is 0 Å². The lowest BCUT2D eigenvalue weighted by Gasteiger charge is -2.40. The first kappa shape index (κ1) is 13.6. The van der Waals surface area contributed by atoms with E-state index in [1.807, 2.05) is 0 Å². The van der Waals surface area contributed by atoms with Gasteiger partial charge in [0.25, 0.3) is 0 Å². The van der Waals surface area contributed by atoms with E-state index in [0.29, 0.717) is 12.1 Å². The molecular formula is C16H26N2. The first-order chi connectivity index (χ1) is 8.59. The normalized spacial score (nSPS) is 27.1. The van der Waals surface area contributed by atoms with Crippen LogP contribution >= 0.6 is 0 Å². The van der Waals surface area contributed by atoms with Gasteiger partial charge in [-0.25, -0.2) is 0 Å². The van der Waals surface area contributed by atoms with E-state index in [2.05, 4.69) is 49.9 Å². The Kier molecular flexibility index (Phi) is 4.41. The highest BCUT2D eigenvalue weighted by molar-refractivity contribution is 5.28. The molecule has 1 saturated heterocycles. The van der Waals surface area contributed by atoms with E-state index in [-0.39, 0.29) is 6.04 Å². The third-order valence-electron chi connectivity index (χ3n) is 4.37. The minimum Gasteiger partial charge on any atom is -0.323 e. The molecule has 0 amide bonds. The van der Waals surface area contributed by atoms with Gasteiger partial charge in [-0.05, 0) is 44.7 Å². The summed E-state index contributed by atoms with van der Waals surface area (Å²) in [6.45, 7) is 7.80. The Hall–Kier alpha value is -0.860. The van der Waals surface area contributed by atoms with E-state index in [0.717, 1.165) is 6.54 Å². The minimum absolute atomic E-state index is 0.134. The molecule has 18 heavy (non-hydrogen) atoms. The van der Waals surface area contributed by atoms with Gasteiger partial charge in [-0.3, -0.25) is 4.90 Å². The molecule has 3 atom stereocenters. The minimum atomic E-state index is 0.134. The molecule has 2 N–H and O–H groups in total. The summed E-state index contributed by atoms with van der Waals surface area (Å²) in [7, 11) is 0. The summed E-state index contributed by atoms with van der Waals surface area (Å²) in [4.78, 5) is 2.58. The molecule has 2 heteroatoms. The summed E-state index contributed by atoms with van der Waals surface area (Å²) >= 11 is 0. The standard InChI is InChI=1S/C16H26N2/c1-12-7-4-5-10-15(12)16(17)11-18-13(2)8-6-9-14(18)3/h4-5,7,10,13-14,16H,6,8-9,11,17H2,1-3H3. The molecule has 1 aromatic carbocycles. The quantitative estimate of drug-likeness (QED) is 0.887. The van der Waals surface area contributed by atoms with Gasteiger partial charge in [0.15, 0.2) is 0 Å². The van der Waals surface area contributed by atoms with Crippen LogP contribution in [-0.4, -0.2) is 23.5 Å². The van der Waals surface area contributed by atoms with Crippen LogP contribution < -0.4 is 5.73 Å². The van der Waals surface area contributed by atoms with Crippen LogP contribution in [0.4, 0.5) is 0 Å². The number of nitrogens with zero attached hydrogens (tertiary/aromatic N) is 1. The lowest BCUT2D eigenvalue weighted by atomic mass is 9.95. The first-order valence-electron chi connectivity index (χ1n) is 7.16. The van der Waals surface area contributed by atoms with E-state index in [1.54, 1.807) is 0 Å². The van der Waals surface area contributed by atoms with Gasteiger partial charge in [-0.1, -0.05) is 30.7 Å². The summed E-state index contributed by atoms with van der Waals surface area (Å²) in [5, 5.41) is 0. The van der Waals surface area contributed by atoms with Gasteiger partial charge in [0, 0.05) is 24.7 Å². The highest BCUT2D eigenvalue weighted by Crippen LogP contribution is 2.25. The number of aryl methyl sites for hydroxylation is 1. The van der Waals surface area contributed by atoms with Crippen molar-refractivity contribution in [2.45, 2.75) is 58.2 Å². The van der Waals surface area contributed by atoms with Crippen LogP contribution in [-0.2, 0) is 0 Å². The Morgan fingerprint density at radius 2 is 1.83 bits per heavy atom. The molecule has 1 aliphatic heterocycles. The largest absolute Gasteiger partial charge is 0.323 e. The van der Waals surface area contributed by atoms with Crippen LogP contribution in [0.2, 0.25) is 0 Å². The van der Waals surface area contributed by atoms with Gasteiger partial charge in [-0.15, -0.1) is 0 Å². The number of likely N-dealkylation sites (tertiary alicyclic amines) is 1. The summed E-state index contributed by atoms with van der Waals surface area (Å²) < 4.78 is 0. The molecule has 1 fully saturated rings. The third-order valence-corrected chi connectivity index (χ3v) is 4.37. The number of nitrogens with two attached hydrogens (primary N) is 1. The van der Waals surface area contributed by atoms with E-state index in [9.17, 15) is 0 Å². The summed E-state index contributed by atoms with van der Waals surface area (Å²) in [5.74, 6) is 0. The maximum atomic E-state index is 6.41. The van der Waals surface area contributed by atoms with Crippen LogP contribution in [0.5, 0.6) is 0 Å². The monoisotopic (exact) mass is 246 g/mol. The average molecular weight is 246 g/mol. The molecule has 0 bridgehead atoms. The number of hydrogen-bond donors (Lipinski definition) is 1. The van der Waals surface area contributed by atoms with Gasteiger partial charge in [0.2, 0.25) is 0 Å². The molecule has 0 aromatic heterocycles. The van der Waals surface area contributed by atoms with E-state index < -0.39 is 0 Å². The lowest BCUT2D eigenvalue weighted by molar-refractivity contribution is 0.0961. The Bertz CT molecular complexity index is 378. The Labute approximate surface area is 111 Å². The predicted octanol–water partition coefficient (Wildman–Crippen LogP) is 3.26. The van der Waals surface area contributed by atoms with Crippen LogP contribution in [0.15, 0.2) is 24.3 Å². The van der Waals surface area contributed by atoms with Crippen molar-refractivity contribution in [2.75, 3.05) is 6.54 Å². The fourth-order valence-electron chi connectivity index (χ4n) is 3.16. The zero-order valence-corrected chi connectivity index (χ0v) is 11.9. The van der Waals surface area contributed by atoms with Crippen molar-refractivity contribution in [2.24, 2.45) is 5.73 Å². The zero-order chi connectivity index (χ0) is 13.1. The highest BCUT2D eigenvalue weighted by atomic mass is 15.2. The molecule has 2 nitrogen and oxygen atoms in total. The van der Waals surface area contributed by atoms with Gasteiger partial charge in [-0.2, -0.15) is 0 Å². The summed E-state index contributed by atoms with van der Waals surface area (Å²) in [6, 6.07) is 9.96. The topological polar surface area (TPSA) is 29.3 Å². The van der Waals surface area contributed by atoms with Gasteiger partial charge in [0.1, 0.15) is 0 Å². The van der Waals surface area contributed by atoms with Crippen molar-refractivity contribution in [3.05, 3.63) is 35.4 Å². The van der Waals surface area contributed by atoms with Gasteiger partial charge >= 0.3 is 0 Å². The molecule has 2 rings (SSSR count). The van der Waals surface area contributed by atoms with Gasteiger partial charge < -0.3 is 5.73 Å². The molecule has 0 aliphatic carbocycles. The lowest BCUT2D eigenvalue weighted by Crippen LogP contribution is -2.46. The number of benzene rings is 1. The third kappa shape index (κ3) is 2.93. The van der Waals surface area contributed by atoms with Crippen LogP contribution in [0, 0.1) is 6.92 Å². The summed E-state index contributed by atoms with van der Waals surface area (Å²) in [6.07, 6.45) is 3.98. The second-order valence-corrected chi connectivity index (χ2v) is 5.79. The molecular weight excluding hydrogens is 220 g/mol. The van der Waals surface area contributed by atoms with Crippen molar-refractivity contribution in [3.8, 4) is 0 Å². The molecule has 100 valence electrons. The second-order valence-electron chi connectivity index (χ2n) is 5.79. The molecule has 1 aromatic rings. The second kappa shape index (κ2) is 5.85. The van der Waals surface area contributed by atoms with E-state index in [1.165, 1.54) is 30.4 Å². The van der Waals surface area contributed by atoms with E-state index in [4.69, 9.17) is 5.73 Å². The average Bonchev–Trinajstić information content (AvgIpc) is 2.34. The smallest absolute Gasteiger partial charge is 0.0427 e. The van der Waals surface area contributed by atoms with Crippen molar-refractivity contribution in [1.82, 2.24) is 4.90 Å². The molecule has 0 spiro atoms. The maximum absolute atomic E-state index is 6.41. The van der Waals surface area contributed by atoms with Crippen LogP contribution in [0.3, 0.4) is 0 Å². The predicted molar refractivity (Wildman–Crippen MR) is 77.6 cm³/mol. The van der Waals surface area contributed by atoms with Gasteiger partial charge in [0.05, 0.1) is 0 Å². The first-order valence-corrected chi connectivity index (χ1v) is 7.16. The Morgan fingerprint density at radius 3 is 2.44 bits per heavy atom. The number of hydrogen-bond acceptors (Lipinski definition) is 2. The number of piperidine rings is 1. The zero-order valence-electron chi connectivity index (χ0n) is 11.9. The maximum Gasteiger partial charge on any atom is 0.0427 e. The Balaban J connectivity index is 2.06. The van der Waals surface area contributed by atoms with Crippen LogP contribution in [0.1, 0.15) is 50.3 Å². The van der Waals surface area contributed by atoms with E-state index >= 15 is 0 Å². The molecule has 1 aliphatic rings. The van der Waals surface area contributed by atoms with Crippen molar-refractivity contribution < 1.29 is 0 Å². The fraction of sp³-hybridized carbons (Fsp3) is 0.625. The number of rotatable bonds is 3. The molecule has 1 heterocycles. The Morgan fingerprint density at radius 1 is 1.22 bits per heavy atom. The fourth-order valence-corrected chi connectivity index (χ4v) is 3.16. The molecule has 3 unspecified atom stereocenters. The molecule has 0 saturated carbocycles. The van der Waals surface area contributed by atoms with Crippen molar-refractivity contribution >= 4 is 0 Å². The van der Waals surface area contributed by atoms with Crippen molar-refractivity contribution in [3.63, 3.8) is 0 Å². The summed E-state index contributed by atoms with van der Waals surface area (Å²) in [5.41, 5.74) is 9.01. The highest BCUT2D eigenvalue weighted by Gasteiger charge is 2.26.